The molecule has 0 unspecified atom stereocenters. The van der Waals surface area contributed by atoms with Crippen LogP contribution in [0.3, 0.4) is 0 Å². The molecule has 0 saturated heterocycles. The molecule has 5 heteroatoms. The molecule has 30 heavy (non-hydrogen) atoms. The van der Waals surface area contributed by atoms with Crippen molar-refractivity contribution in [3.63, 3.8) is 0 Å². The van der Waals surface area contributed by atoms with Crippen LogP contribution >= 0.6 is 0 Å². The zero-order valence-corrected chi connectivity index (χ0v) is 16.0. The highest BCUT2D eigenvalue weighted by molar-refractivity contribution is 5.78. The van der Waals surface area contributed by atoms with E-state index >= 15 is 0 Å². The number of hydrogen-bond donors (Lipinski definition) is 1. The third kappa shape index (κ3) is 3.02. The summed E-state index contributed by atoms with van der Waals surface area (Å²) in [5.74, 6) is 0.857. The van der Waals surface area contributed by atoms with Crippen LogP contribution in [-0.4, -0.2) is 24.5 Å². The van der Waals surface area contributed by atoms with Crippen LogP contribution < -0.4 is 0 Å². The van der Waals surface area contributed by atoms with Crippen molar-refractivity contribution in [1.29, 1.82) is 0 Å². The standard InChI is InChI=1S/C25H17N5/c1-2-12-26-25(3-1)30-23-10-11-24(30)16-22-9-7-20(29-22)14-18-5-4-17(27-18)13-19-6-8-21(15-23)28-19/h1-16,27H. The van der Waals surface area contributed by atoms with E-state index in [1.807, 2.05) is 54.6 Å². The van der Waals surface area contributed by atoms with Crippen LogP contribution in [0.4, 0.5) is 0 Å². The van der Waals surface area contributed by atoms with Gasteiger partial charge in [-0.2, -0.15) is 0 Å². The van der Waals surface area contributed by atoms with Gasteiger partial charge >= 0.3 is 0 Å². The number of hydrogen-bond acceptors (Lipinski definition) is 3. The highest BCUT2D eigenvalue weighted by Gasteiger charge is 2.07. The molecule has 0 aliphatic carbocycles. The molecule has 4 aromatic heterocycles. The Morgan fingerprint density at radius 3 is 1.70 bits per heavy atom. The predicted molar refractivity (Wildman–Crippen MR) is 122 cm³/mol. The Kier molecular flexibility index (Phi) is 3.71. The molecule has 142 valence electrons. The van der Waals surface area contributed by atoms with E-state index in [9.17, 15) is 0 Å². The van der Waals surface area contributed by atoms with Crippen LogP contribution in [0.2, 0.25) is 0 Å². The third-order valence-electron chi connectivity index (χ3n) is 5.12. The van der Waals surface area contributed by atoms with Crippen LogP contribution in [0.15, 0.2) is 72.9 Å². The maximum atomic E-state index is 4.76. The average molecular weight is 387 g/mol. The second-order valence-corrected chi connectivity index (χ2v) is 7.24. The lowest BCUT2D eigenvalue weighted by atomic mass is 10.3. The molecule has 0 saturated carbocycles. The molecule has 0 atom stereocenters. The van der Waals surface area contributed by atoms with Crippen molar-refractivity contribution in [3.8, 4) is 5.82 Å². The van der Waals surface area contributed by atoms with E-state index < -0.39 is 0 Å². The van der Waals surface area contributed by atoms with Crippen molar-refractivity contribution in [2.24, 2.45) is 0 Å². The summed E-state index contributed by atoms with van der Waals surface area (Å²) in [4.78, 5) is 17.5. The summed E-state index contributed by atoms with van der Waals surface area (Å²) in [6.07, 6.45) is 9.92. The van der Waals surface area contributed by atoms with Crippen molar-refractivity contribution in [1.82, 2.24) is 24.5 Å². The first kappa shape index (κ1) is 16.7. The van der Waals surface area contributed by atoms with Crippen LogP contribution in [-0.2, 0) is 0 Å². The summed E-state index contributed by atoms with van der Waals surface area (Å²) in [5.41, 5.74) is 7.68. The molecular formula is C25H17N5. The van der Waals surface area contributed by atoms with E-state index in [4.69, 9.17) is 9.97 Å². The first-order valence-corrected chi connectivity index (χ1v) is 9.79. The van der Waals surface area contributed by atoms with Crippen molar-refractivity contribution < 1.29 is 0 Å². The van der Waals surface area contributed by atoms with Gasteiger partial charge in [0.2, 0.25) is 0 Å². The van der Waals surface area contributed by atoms with Crippen LogP contribution in [0.1, 0.15) is 22.8 Å². The third-order valence-corrected chi connectivity index (χ3v) is 5.12. The molecule has 6 rings (SSSR count). The highest BCUT2D eigenvalue weighted by atomic mass is 15.1. The minimum atomic E-state index is 0.857. The Hall–Kier alpha value is -4.25. The van der Waals surface area contributed by atoms with Gasteiger partial charge in [0, 0.05) is 28.3 Å². The van der Waals surface area contributed by atoms with E-state index in [1.54, 1.807) is 6.20 Å². The SMILES string of the molecule is C1=Cc2cc3ccc(cc4nc(cc5ccc(cc1n2)[nH]5)C=C4)n3-c1ccccn1. The molecule has 0 spiro atoms. The predicted octanol–water partition coefficient (Wildman–Crippen LogP) is 5.51. The number of aromatic amines is 1. The minimum absolute atomic E-state index is 0.857. The lowest BCUT2D eigenvalue weighted by Gasteiger charge is -2.05. The maximum Gasteiger partial charge on any atom is 0.137 e. The van der Waals surface area contributed by atoms with Gasteiger partial charge < -0.3 is 4.98 Å². The molecule has 5 nitrogen and oxygen atoms in total. The van der Waals surface area contributed by atoms with Crippen molar-refractivity contribution in [2.45, 2.75) is 0 Å². The normalized spacial score (nSPS) is 12.4. The maximum absolute atomic E-state index is 4.76. The molecule has 4 aromatic rings. The molecular weight excluding hydrogens is 370 g/mol. The Morgan fingerprint density at radius 1 is 0.600 bits per heavy atom. The molecule has 0 aromatic carbocycles. The fraction of sp³-hybridized carbons (Fsp3) is 0. The average Bonchev–Trinajstić information content (AvgIpc) is 3.54. The summed E-state index contributed by atoms with van der Waals surface area (Å²) in [7, 11) is 0. The summed E-state index contributed by atoms with van der Waals surface area (Å²) in [6.45, 7) is 0. The first-order chi connectivity index (χ1) is 14.8. The van der Waals surface area contributed by atoms with Crippen LogP contribution in [0.25, 0.3) is 52.2 Å². The van der Waals surface area contributed by atoms with E-state index in [2.05, 4.69) is 50.9 Å². The van der Waals surface area contributed by atoms with Gasteiger partial charge in [-0.25, -0.2) is 15.0 Å². The largest absolute Gasteiger partial charge is 0.355 e. The number of fused-ring (bicyclic) bond motifs is 8. The van der Waals surface area contributed by atoms with E-state index in [0.717, 1.165) is 50.7 Å². The quantitative estimate of drug-likeness (QED) is 0.404. The van der Waals surface area contributed by atoms with Gasteiger partial charge in [0.15, 0.2) is 0 Å². The Balaban J connectivity index is 1.72. The van der Waals surface area contributed by atoms with Crippen molar-refractivity contribution >= 4 is 46.4 Å². The monoisotopic (exact) mass is 387 g/mol. The second kappa shape index (κ2) is 6.67. The minimum Gasteiger partial charge on any atom is -0.355 e. The summed E-state index contributed by atoms with van der Waals surface area (Å²) in [5, 5.41) is 0. The molecule has 0 amide bonds. The number of nitrogens with one attached hydrogen (secondary N) is 1. The molecule has 0 fully saturated rings. The zero-order chi connectivity index (χ0) is 19.9. The summed E-state index contributed by atoms with van der Waals surface area (Å²) in [6, 6.07) is 22.4. The topological polar surface area (TPSA) is 59.4 Å². The fourth-order valence-electron chi connectivity index (χ4n) is 3.77. The first-order valence-electron chi connectivity index (χ1n) is 9.79. The Labute approximate surface area is 172 Å². The molecule has 0 radical (unpaired) electrons. The van der Waals surface area contributed by atoms with Crippen molar-refractivity contribution in [2.75, 3.05) is 0 Å². The number of aromatic nitrogens is 5. The number of pyridine rings is 1. The van der Waals surface area contributed by atoms with Gasteiger partial charge in [-0.3, -0.25) is 4.57 Å². The van der Waals surface area contributed by atoms with E-state index in [1.165, 1.54) is 0 Å². The number of nitrogens with zero attached hydrogens (tertiary/aromatic N) is 4. The Bertz CT molecular complexity index is 1400. The smallest absolute Gasteiger partial charge is 0.137 e. The van der Waals surface area contributed by atoms with Gasteiger partial charge in [-0.1, -0.05) is 6.07 Å². The van der Waals surface area contributed by atoms with Crippen LogP contribution in [0.5, 0.6) is 0 Å². The molecule has 1 N–H and O–H groups in total. The number of rotatable bonds is 1. The summed E-state index contributed by atoms with van der Waals surface area (Å²) >= 11 is 0. The zero-order valence-electron chi connectivity index (χ0n) is 16.0. The Morgan fingerprint density at radius 2 is 1.17 bits per heavy atom. The molecule has 2 aliphatic rings. The second-order valence-electron chi connectivity index (χ2n) is 7.24. The number of H-pyrrole nitrogens is 1. The van der Waals surface area contributed by atoms with Gasteiger partial charge in [-0.05, 0) is 85.0 Å². The fourth-order valence-corrected chi connectivity index (χ4v) is 3.77. The van der Waals surface area contributed by atoms with Gasteiger partial charge in [0.1, 0.15) is 5.82 Å². The molecule has 8 bridgehead atoms. The summed E-state index contributed by atoms with van der Waals surface area (Å²) < 4.78 is 2.12. The van der Waals surface area contributed by atoms with Gasteiger partial charge in [-0.15, -0.1) is 0 Å². The van der Waals surface area contributed by atoms with Crippen LogP contribution in [0, 0.1) is 0 Å². The van der Waals surface area contributed by atoms with Crippen molar-refractivity contribution in [3.05, 3.63) is 95.7 Å². The molecule has 6 heterocycles. The lowest BCUT2D eigenvalue weighted by Crippen LogP contribution is -1.95. The van der Waals surface area contributed by atoms with E-state index in [0.29, 0.717) is 0 Å². The lowest BCUT2D eigenvalue weighted by molar-refractivity contribution is 1.08. The van der Waals surface area contributed by atoms with Gasteiger partial charge in [0.05, 0.1) is 22.8 Å². The highest BCUT2D eigenvalue weighted by Crippen LogP contribution is 2.21. The van der Waals surface area contributed by atoms with Gasteiger partial charge in [0.25, 0.3) is 0 Å². The molecule has 2 aliphatic heterocycles. The van der Waals surface area contributed by atoms with E-state index in [-0.39, 0.29) is 0 Å².